The lowest BCUT2D eigenvalue weighted by Gasteiger charge is -2.08. The lowest BCUT2D eigenvalue weighted by Crippen LogP contribution is -2.12. The number of non-ortho nitro benzene ring substituents is 1. The second-order valence-electron chi connectivity index (χ2n) is 4.92. The summed E-state index contributed by atoms with van der Waals surface area (Å²) in [6.45, 7) is 0.0420. The number of rotatable bonds is 6. The molecule has 0 amide bonds. The number of hydrogen-bond donors (Lipinski definition) is 0. The van der Waals surface area contributed by atoms with Gasteiger partial charge in [0.2, 0.25) is 0 Å². The third-order valence-electron chi connectivity index (χ3n) is 3.17. The minimum Gasteiger partial charge on any atom is -0.460 e. The van der Waals surface area contributed by atoms with Gasteiger partial charge < -0.3 is 4.74 Å². The Hall–Kier alpha value is -1.61. The topological polar surface area (TPSA) is 104 Å². The maximum atomic E-state index is 11.6. The minimum absolute atomic E-state index is 0.0203. The lowest BCUT2D eigenvalue weighted by molar-refractivity contribution is -0.384. The average Bonchev–Trinajstić information content (AvgIpc) is 2.82. The van der Waals surface area contributed by atoms with E-state index in [4.69, 9.17) is 4.74 Å². The monoisotopic (exact) mass is 345 g/mol. The van der Waals surface area contributed by atoms with Gasteiger partial charge in [0.25, 0.3) is 5.69 Å². The molecular formula is C13H15NO6S2. The van der Waals surface area contributed by atoms with Crippen LogP contribution in [0.3, 0.4) is 0 Å². The highest BCUT2D eigenvalue weighted by atomic mass is 32.2. The zero-order chi connectivity index (χ0) is 16.2. The number of thioether (sulfide) groups is 1. The Labute approximate surface area is 132 Å². The minimum atomic E-state index is -2.94. The average molecular weight is 345 g/mol. The molecule has 0 bridgehead atoms. The van der Waals surface area contributed by atoms with E-state index in [0.29, 0.717) is 12.0 Å². The molecule has 1 aliphatic rings. The highest BCUT2D eigenvalue weighted by Crippen LogP contribution is 2.24. The zero-order valence-corrected chi connectivity index (χ0v) is 13.3. The number of carbonyl (C=O) groups excluding carboxylic acids is 1. The summed E-state index contributed by atoms with van der Waals surface area (Å²) in [6.07, 6.45) is 0.572. The van der Waals surface area contributed by atoms with E-state index < -0.39 is 20.7 Å². The number of nitro benzene ring substituents is 1. The van der Waals surface area contributed by atoms with Crippen molar-refractivity contribution in [2.45, 2.75) is 18.3 Å². The van der Waals surface area contributed by atoms with Gasteiger partial charge in [0.05, 0.1) is 22.2 Å². The summed E-state index contributed by atoms with van der Waals surface area (Å²) >= 11 is 1.29. The maximum Gasteiger partial charge on any atom is 0.316 e. The molecule has 1 fully saturated rings. The Balaban J connectivity index is 1.72. The van der Waals surface area contributed by atoms with Crippen molar-refractivity contribution in [3.05, 3.63) is 39.9 Å². The summed E-state index contributed by atoms with van der Waals surface area (Å²) in [5.74, 6) is -0.0177. The Morgan fingerprint density at radius 3 is 2.59 bits per heavy atom. The van der Waals surface area contributed by atoms with Gasteiger partial charge in [-0.15, -0.1) is 11.8 Å². The first-order chi connectivity index (χ1) is 10.4. The fraction of sp³-hybridized carbons (Fsp3) is 0.462. The van der Waals surface area contributed by atoms with E-state index in [0.717, 1.165) is 0 Å². The fourth-order valence-electron chi connectivity index (χ4n) is 2.00. The van der Waals surface area contributed by atoms with Crippen molar-refractivity contribution in [3.8, 4) is 0 Å². The smallest absolute Gasteiger partial charge is 0.316 e. The maximum absolute atomic E-state index is 11.6. The third kappa shape index (κ3) is 4.99. The molecule has 7 nitrogen and oxygen atoms in total. The number of nitro groups is 1. The fourth-order valence-corrected chi connectivity index (χ4v) is 5.44. The van der Waals surface area contributed by atoms with E-state index in [-0.39, 0.29) is 34.8 Å². The number of carbonyl (C=O) groups is 1. The van der Waals surface area contributed by atoms with Gasteiger partial charge in [-0.2, -0.15) is 0 Å². The van der Waals surface area contributed by atoms with E-state index >= 15 is 0 Å². The molecule has 0 unspecified atom stereocenters. The Kier molecular flexibility index (Phi) is 5.41. The number of benzene rings is 1. The molecule has 120 valence electrons. The number of sulfone groups is 1. The first-order valence-corrected chi connectivity index (χ1v) is 9.44. The van der Waals surface area contributed by atoms with Crippen LogP contribution in [0, 0.1) is 10.1 Å². The van der Waals surface area contributed by atoms with Crippen LogP contribution in [0.5, 0.6) is 0 Å². The Morgan fingerprint density at radius 2 is 2.05 bits per heavy atom. The number of ether oxygens (including phenoxy) is 1. The van der Waals surface area contributed by atoms with Crippen molar-refractivity contribution >= 4 is 33.3 Å². The summed E-state index contributed by atoms with van der Waals surface area (Å²) in [5.41, 5.74) is 0.639. The Morgan fingerprint density at radius 1 is 1.36 bits per heavy atom. The molecule has 22 heavy (non-hydrogen) atoms. The first-order valence-electron chi connectivity index (χ1n) is 6.57. The van der Waals surface area contributed by atoms with Crippen LogP contribution < -0.4 is 0 Å². The zero-order valence-electron chi connectivity index (χ0n) is 11.6. The van der Waals surface area contributed by atoms with Crippen molar-refractivity contribution in [2.75, 3.05) is 17.3 Å². The molecule has 9 heteroatoms. The van der Waals surface area contributed by atoms with Crippen LogP contribution in [0.4, 0.5) is 5.69 Å². The molecule has 0 N–H and O–H groups in total. The van der Waals surface area contributed by atoms with Crippen LogP contribution in [0.1, 0.15) is 12.0 Å². The highest BCUT2D eigenvalue weighted by molar-refractivity contribution is 8.02. The molecule has 0 radical (unpaired) electrons. The predicted molar refractivity (Wildman–Crippen MR) is 82.4 cm³/mol. The molecule has 1 aromatic rings. The van der Waals surface area contributed by atoms with Crippen molar-refractivity contribution in [2.24, 2.45) is 0 Å². The van der Waals surface area contributed by atoms with Gasteiger partial charge in [-0.05, 0) is 24.1 Å². The lowest BCUT2D eigenvalue weighted by atomic mass is 10.2. The largest absolute Gasteiger partial charge is 0.460 e. The summed E-state index contributed by atoms with van der Waals surface area (Å²) in [4.78, 5) is 21.6. The molecule has 0 aromatic heterocycles. The van der Waals surface area contributed by atoms with E-state index in [2.05, 4.69) is 0 Å². The highest BCUT2D eigenvalue weighted by Gasteiger charge is 2.28. The third-order valence-corrected chi connectivity index (χ3v) is 6.43. The molecule has 0 aliphatic carbocycles. The van der Waals surface area contributed by atoms with Crippen LogP contribution in [-0.2, 0) is 26.0 Å². The standard InChI is InChI=1S/C13H15NO6S2/c15-13(8-21-12-5-6-22(18,19)9-12)20-7-10-1-3-11(4-2-10)14(16)17/h1-4,12H,5-9H2/t12-/m1/s1. The van der Waals surface area contributed by atoms with Gasteiger partial charge in [-0.1, -0.05) is 0 Å². The number of hydrogen-bond acceptors (Lipinski definition) is 7. The van der Waals surface area contributed by atoms with Crippen molar-refractivity contribution in [1.82, 2.24) is 0 Å². The summed E-state index contributed by atoms with van der Waals surface area (Å²) in [5, 5.41) is 10.5. The van der Waals surface area contributed by atoms with E-state index in [1.165, 1.54) is 36.0 Å². The molecule has 1 heterocycles. The van der Waals surface area contributed by atoms with Gasteiger partial charge in [-0.3, -0.25) is 14.9 Å². The van der Waals surface area contributed by atoms with Gasteiger partial charge in [0.15, 0.2) is 9.84 Å². The van der Waals surface area contributed by atoms with Crippen LogP contribution in [0.15, 0.2) is 24.3 Å². The number of nitrogens with zero attached hydrogens (tertiary/aromatic N) is 1. The summed E-state index contributed by atoms with van der Waals surface area (Å²) in [7, 11) is -2.94. The van der Waals surface area contributed by atoms with E-state index in [9.17, 15) is 23.3 Å². The molecule has 0 spiro atoms. The second-order valence-corrected chi connectivity index (χ2v) is 8.44. The predicted octanol–water partition coefficient (Wildman–Crippen LogP) is 1.56. The molecule has 1 atom stereocenters. The summed E-state index contributed by atoms with van der Waals surface area (Å²) in [6, 6.07) is 5.76. The molecule has 1 aromatic carbocycles. The second kappa shape index (κ2) is 7.10. The van der Waals surface area contributed by atoms with Crippen LogP contribution in [0.25, 0.3) is 0 Å². The summed E-state index contributed by atoms with van der Waals surface area (Å²) < 4.78 is 27.6. The molecule has 1 saturated heterocycles. The quantitative estimate of drug-likeness (QED) is 0.438. The van der Waals surface area contributed by atoms with Crippen molar-refractivity contribution in [3.63, 3.8) is 0 Å². The van der Waals surface area contributed by atoms with Crippen LogP contribution in [0.2, 0.25) is 0 Å². The molecule has 1 aliphatic heterocycles. The number of esters is 1. The van der Waals surface area contributed by atoms with Crippen molar-refractivity contribution in [1.29, 1.82) is 0 Å². The van der Waals surface area contributed by atoms with Crippen molar-refractivity contribution < 1.29 is 22.9 Å². The molecule has 2 rings (SSSR count). The van der Waals surface area contributed by atoms with E-state index in [1.807, 2.05) is 0 Å². The first kappa shape index (κ1) is 16.8. The van der Waals surface area contributed by atoms with Gasteiger partial charge in [0.1, 0.15) is 6.61 Å². The SMILES string of the molecule is O=C(CS[C@@H]1CCS(=O)(=O)C1)OCc1ccc([N+](=O)[O-])cc1. The Bertz CT molecular complexity index is 656. The van der Waals surface area contributed by atoms with E-state index in [1.54, 1.807) is 0 Å². The van der Waals surface area contributed by atoms with Crippen LogP contribution in [-0.4, -0.2) is 41.8 Å². The normalized spacial score (nSPS) is 19.7. The van der Waals surface area contributed by atoms with Gasteiger partial charge >= 0.3 is 5.97 Å². The van der Waals surface area contributed by atoms with Gasteiger partial charge in [0, 0.05) is 17.4 Å². The molecular weight excluding hydrogens is 330 g/mol. The van der Waals surface area contributed by atoms with Crippen LogP contribution >= 0.6 is 11.8 Å². The van der Waals surface area contributed by atoms with Gasteiger partial charge in [-0.25, -0.2) is 8.42 Å². The molecule has 0 saturated carbocycles.